The van der Waals surface area contributed by atoms with Crippen LogP contribution in [0.2, 0.25) is 0 Å². The molecule has 2 aliphatic rings. The predicted octanol–water partition coefficient (Wildman–Crippen LogP) is 3.09. The highest BCUT2D eigenvalue weighted by Crippen LogP contribution is 2.39. The van der Waals surface area contributed by atoms with Crippen LogP contribution in [0, 0.1) is 0 Å². The maximum Gasteiger partial charge on any atom is 0.255 e. The summed E-state index contributed by atoms with van der Waals surface area (Å²) in [7, 11) is 0. The van der Waals surface area contributed by atoms with Crippen LogP contribution in [0.15, 0.2) is 16.6 Å². The van der Waals surface area contributed by atoms with Crippen molar-refractivity contribution in [3.05, 3.63) is 22.2 Å². The molecule has 0 radical (unpaired) electrons. The Morgan fingerprint density at radius 1 is 1.33 bits per heavy atom. The number of ether oxygens (including phenoxy) is 2. The average molecular weight is 362 g/mol. The molecule has 0 atom stereocenters. The highest BCUT2D eigenvalue weighted by molar-refractivity contribution is 9.10. The lowest BCUT2D eigenvalue weighted by atomic mass is 10.1. The highest BCUT2D eigenvalue weighted by atomic mass is 79.9. The standard InChI is InChI=1S/C14H14BrF2NO3/c15-10-5-8(6-11-13(10)21-4-3-20-11)14(19)18(7-12(16)17)9-1-2-9/h5-6,9,12H,1-4,7H2. The van der Waals surface area contributed by atoms with Crippen molar-refractivity contribution in [3.8, 4) is 11.5 Å². The number of alkyl halides is 2. The van der Waals surface area contributed by atoms with E-state index in [1.54, 1.807) is 12.1 Å². The van der Waals surface area contributed by atoms with Crippen LogP contribution in [0.25, 0.3) is 0 Å². The van der Waals surface area contributed by atoms with Gasteiger partial charge in [-0.3, -0.25) is 4.79 Å². The first kappa shape index (κ1) is 14.6. The van der Waals surface area contributed by atoms with E-state index in [0.29, 0.717) is 34.7 Å². The van der Waals surface area contributed by atoms with Crippen molar-refractivity contribution in [1.82, 2.24) is 4.90 Å². The van der Waals surface area contributed by atoms with E-state index in [1.807, 2.05) is 0 Å². The van der Waals surface area contributed by atoms with Crippen molar-refractivity contribution in [2.45, 2.75) is 25.3 Å². The van der Waals surface area contributed by atoms with E-state index in [2.05, 4.69) is 15.9 Å². The Balaban J connectivity index is 1.88. The van der Waals surface area contributed by atoms with Crippen molar-refractivity contribution in [1.29, 1.82) is 0 Å². The summed E-state index contributed by atoms with van der Waals surface area (Å²) < 4.78 is 36.8. The monoisotopic (exact) mass is 361 g/mol. The predicted molar refractivity (Wildman–Crippen MR) is 75.2 cm³/mol. The third kappa shape index (κ3) is 3.12. The average Bonchev–Trinajstić information content (AvgIpc) is 3.28. The van der Waals surface area contributed by atoms with Crippen molar-refractivity contribution in [2.75, 3.05) is 19.8 Å². The Hall–Kier alpha value is -1.37. The normalized spacial score (nSPS) is 17.0. The third-order valence-electron chi connectivity index (χ3n) is 3.43. The summed E-state index contributed by atoms with van der Waals surface area (Å²) in [6, 6.07) is 3.08. The van der Waals surface area contributed by atoms with Crippen LogP contribution in [0.4, 0.5) is 8.78 Å². The fourth-order valence-corrected chi connectivity index (χ4v) is 2.89. The van der Waals surface area contributed by atoms with Gasteiger partial charge in [0.25, 0.3) is 12.3 Å². The van der Waals surface area contributed by atoms with Gasteiger partial charge in [0.1, 0.15) is 13.2 Å². The smallest absolute Gasteiger partial charge is 0.255 e. The molecule has 3 rings (SSSR count). The van der Waals surface area contributed by atoms with Crippen molar-refractivity contribution >= 4 is 21.8 Å². The second-order valence-corrected chi connectivity index (χ2v) is 5.92. The minimum absolute atomic E-state index is 0.0709. The molecule has 1 aliphatic carbocycles. The lowest BCUT2D eigenvalue weighted by Gasteiger charge is -2.24. The van der Waals surface area contributed by atoms with E-state index in [-0.39, 0.29) is 6.04 Å². The quantitative estimate of drug-likeness (QED) is 0.827. The number of carbonyl (C=O) groups is 1. The third-order valence-corrected chi connectivity index (χ3v) is 4.02. The molecule has 0 spiro atoms. The number of rotatable bonds is 4. The summed E-state index contributed by atoms with van der Waals surface area (Å²) in [6.45, 7) is 0.314. The van der Waals surface area contributed by atoms with Gasteiger partial charge in [-0.25, -0.2) is 8.78 Å². The van der Waals surface area contributed by atoms with Gasteiger partial charge < -0.3 is 14.4 Å². The van der Waals surface area contributed by atoms with E-state index in [4.69, 9.17) is 9.47 Å². The SMILES string of the molecule is O=C(c1cc(Br)c2c(c1)OCCO2)N(CC(F)F)C1CC1. The van der Waals surface area contributed by atoms with Crippen molar-refractivity contribution in [3.63, 3.8) is 0 Å². The molecule has 1 aliphatic heterocycles. The van der Waals surface area contributed by atoms with Gasteiger partial charge in [-0.15, -0.1) is 0 Å². The van der Waals surface area contributed by atoms with E-state index >= 15 is 0 Å². The molecule has 1 aromatic carbocycles. The van der Waals surface area contributed by atoms with Crippen LogP contribution in [-0.4, -0.2) is 43.0 Å². The molecular formula is C14H14BrF2NO3. The molecule has 1 aromatic rings. The van der Waals surface area contributed by atoms with Gasteiger partial charge in [0, 0.05) is 11.6 Å². The first-order valence-electron chi connectivity index (χ1n) is 6.74. The maximum atomic E-state index is 12.7. The summed E-state index contributed by atoms with van der Waals surface area (Å²) in [6.07, 6.45) is -0.968. The molecule has 0 unspecified atom stereocenters. The number of fused-ring (bicyclic) bond motifs is 1. The molecule has 1 heterocycles. The topological polar surface area (TPSA) is 38.8 Å². The van der Waals surface area contributed by atoms with Gasteiger partial charge in [-0.2, -0.15) is 0 Å². The van der Waals surface area contributed by atoms with Crippen LogP contribution >= 0.6 is 15.9 Å². The van der Waals surface area contributed by atoms with Crippen LogP contribution in [-0.2, 0) is 0 Å². The lowest BCUT2D eigenvalue weighted by molar-refractivity contribution is 0.0533. The molecule has 114 valence electrons. The number of hydrogen-bond donors (Lipinski definition) is 0. The Morgan fingerprint density at radius 2 is 2.05 bits per heavy atom. The van der Waals surface area contributed by atoms with Gasteiger partial charge in [-0.05, 0) is 40.9 Å². The number of hydrogen-bond acceptors (Lipinski definition) is 3. The zero-order valence-electron chi connectivity index (χ0n) is 11.2. The first-order chi connectivity index (χ1) is 10.1. The molecule has 0 aromatic heterocycles. The second kappa shape index (κ2) is 5.79. The molecule has 1 amide bonds. The van der Waals surface area contributed by atoms with E-state index < -0.39 is 18.9 Å². The Morgan fingerprint density at radius 3 is 2.71 bits per heavy atom. The summed E-state index contributed by atoms with van der Waals surface area (Å²) in [5.74, 6) is 0.617. The van der Waals surface area contributed by atoms with Crippen LogP contribution in [0.1, 0.15) is 23.2 Å². The highest BCUT2D eigenvalue weighted by Gasteiger charge is 2.35. The Kier molecular flexibility index (Phi) is 4.01. The fraction of sp³-hybridized carbons (Fsp3) is 0.500. The number of benzene rings is 1. The number of amides is 1. The molecule has 1 fully saturated rings. The Bertz CT molecular complexity index is 563. The summed E-state index contributed by atoms with van der Waals surface area (Å²) >= 11 is 3.33. The fourth-order valence-electron chi connectivity index (χ4n) is 2.33. The second-order valence-electron chi connectivity index (χ2n) is 5.06. The molecule has 7 heteroatoms. The van der Waals surface area contributed by atoms with E-state index in [1.165, 1.54) is 4.90 Å². The molecule has 21 heavy (non-hydrogen) atoms. The molecular weight excluding hydrogens is 348 g/mol. The minimum atomic E-state index is -2.53. The molecule has 0 N–H and O–H groups in total. The van der Waals surface area contributed by atoms with Crippen molar-refractivity contribution in [2.24, 2.45) is 0 Å². The first-order valence-corrected chi connectivity index (χ1v) is 7.54. The van der Waals surface area contributed by atoms with Gasteiger partial charge in [0.05, 0.1) is 11.0 Å². The molecule has 1 saturated carbocycles. The van der Waals surface area contributed by atoms with Crippen LogP contribution < -0.4 is 9.47 Å². The minimum Gasteiger partial charge on any atom is -0.486 e. The van der Waals surface area contributed by atoms with Crippen LogP contribution in [0.3, 0.4) is 0 Å². The van der Waals surface area contributed by atoms with E-state index in [9.17, 15) is 13.6 Å². The number of carbonyl (C=O) groups excluding carboxylic acids is 1. The maximum absolute atomic E-state index is 12.7. The summed E-state index contributed by atoms with van der Waals surface area (Å²) in [5.41, 5.74) is 0.332. The zero-order chi connectivity index (χ0) is 15.0. The van der Waals surface area contributed by atoms with Gasteiger partial charge >= 0.3 is 0 Å². The van der Waals surface area contributed by atoms with Gasteiger partial charge in [-0.1, -0.05) is 0 Å². The number of nitrogens with zero attached hydrogens (tertiary/aromatic N) is 1. The Labute approximate surface area is 129 Å². The zero-order valence-corrected chi connectivity index (χ0v) is 12.7. The van der Waals surface area contributed by atoms with Crippen molar-refractivity contribution < 1.29 is 23.0 Å². The van der Waals surface area contributed by atoms with Gasteiger partial charge in [0.2, 0.25) is 0 Å². The molecule has 4 nitrogen and oxygen atoms in total. The summed E-state index contributed by atoms with van der Waals surface area (Å²) in [5, 5.41) is 0. The largest absolute Gasteiger partial charge is 0.486 e. The van der Waals surface area contributed by atoms with Crippen LogP contribution in [0.5, 0.6) is 11.5 Å². The lowest BCUT2D eigenvalue weighted by Crippen LogP contribution is -2.37. The van der Waals surface area contributed by atoms with Gasteiger partial charge in [0.15, 0.2) is 11.5 Å². The number of halogens is 3. The summed E-state index contributed by atoms with van der Waals surface area (Å²) in [4.78, 5) is 13.7. The van der Waals surface area contributed by atoms with E-state index in [0.717, 1.165) is 12.8 Å². The molecule has 0 bridgehead atoms. The molecule has 0 saturated heterocycles.